The highest BCUT2D eigenvalue weighted by Gasteiger charge is 2.17. The molecular formula is C15H17N3O3. The van der Waals surface area contributed by atoms with E-state index in [1.165, 1.54) is 0 Å². The van der Waals surface area contributed by atoms with Crippen molar-refractivity contribution in [2.45, 2.75) is 26.3 Å². The number of amides is 2. The number of rotatable bonds is 5. The van der Waals surface area contributed by atoms with Crippen LogP contribution < -0.4 is 10.6 Å². The van der Waals surface area contributed by atoms with Gasteiger partial charge in [-0.1, -0.05) is 35.5 Å². The lowest BCUT2D eigenvalue weighted by Crippen LogP contribution is -2.42. The highest BCUT2D eigenvalue weighted by atomic mass is 16.5. The molecule has 2 rings (SSSR count). The fourth-order valence-electron chi connectivity index (χ4n) is 1.80. The topological polar surface area (TPSA) is 84.2 Å². The van der Waals surface area contributed by atoms with Crippen LogP contribution in [0.2, 0.25) is 0 Å². The van der Waals surface area contributed by atoms with Gasteiger partial charge in [0.1, 0.15) is 11.8 Å². The number of aryl methyl sites for hydroxylation is 1. The van der Waals surface area contributed by atoms with Gasteiger partial charge in [0.25, 0.3) is 0 Å². The van der Waals surface area contributed by atoms with Crippen molar-refractivity contribution in [3.63, 3.8) is 0 Å². The minimum absolute atomic E-state index is 0.208. The van der Waals surface area contributed by atoms with E-state index in [1.807, 2.05) is 30.3 Å². The third kappa shape index (κ3) is 4.45. The van der Waals surface area contributed by atoms with Gasteiger partial charge in [0, 0.05) is 6.07 Å². The van der Waals surface area contributed by atoms with Gasteiger partial charge in [-0.25, -0.2) is 0 Å². The van der Waals surface area contributed by atoms with E-state index in [0.717, 1.165) is 5.56 Å². The van der Waals surface area contributed by atoms with Crippen molar-refractivity contribution in [1.29, 1.82) is 0 Å². The van der Waals surface area contributed by atoms with Crippen LogP contribution in [0.25, 0.3) is 0 Å². The molecule has 0 fully saturated rings. The molecule has 2 N–H and O–H groups in total. The lowest BCUT2D eigenvalue weighted by Gasteiger charge is -2.12. The van der Waals surface area contributed by atoms with Gasteiger partial charge in [-0.3, -0.25) is 9.59 Å². The maximum absolute atomic E-state index is 11.9. The van der Waals surface area contributed by atoms with Gasteiger partial charge in [0.15, 0.2) is 5.82 Å². The van der Waals surface area contributed by atoms with Gasteiger partial charge < -0.3 is 15.2 Å². The summed E-state index contributed by atoms with van der Waals surface area (Å²) in [6, 6.07) is 10.3. The first-order valence-corrected chi connectivity index (χ1v) is 6.62. The molecule has 6 heteroatoms. The normalized spacial score (nSPS) is 11.7. The van der Waals surface area contributed by atoms with Crippen LogP contribution in [0.1, 0.15) is 18.2 Å². The molecule has 0 bridgehead atoms. The molecule has 21 heavy (non-hydrogen) atoms. The first-order chi connectivity index (χ1) is 10.0. The van der Waals surface area contributed by atoms with E-state index < -0.39 is 6.04 Å². The van der Waals surface area contributed by atoms with E-state index in [4.69, 9.17) is 4.52 Å². The Morgan fingerprint density at radius 1 is 1.29 bits per heavy atom. The summed E-state index contributed by atoms with van der Waals surface area (Å²) in [5.74, 6) is 0.387. The SMILES string of the molecule is Cc1cc(NC(=O)[C@H](C)NC(=O)Cc2ccccc2)no1. The quantitative estimate of drug-likeness (QED) is 0.876. The summed E-state index contributed by atoms with van der Waals surface area (Å²) < 4.78 is 4.85. The number of anilines is 1. The fourth-order valence-corrected chi connectivity index (χ4v) is 1.80. The summed E-state index contributed by atoms with van der Waals surface area (Å²) in [4.78, 5) is 23.8. The molecule has 2 amide bonds. The third-order valence-corrected chi connectivity index (χ3v) is 2.86. The van der Waals surface area contributed by atoms with Crippen molar-refractivity contribution in [2.75, 3.05) is 5.32 Å². The maximum atomic E-state index is 11.9. The second kappa shape index (κ2) is 6.69. The Morgan fingerprint density at radius 3 is 2.62 bits per heavy atom. The second-order valence-corrected chi connectivity index (χ2v) is 4.76. The van der Waals surface area contributed by atoms with Crippen LogP contribution in [0.15, 0.2) is 40.9 Å². The second-order valence-electron chi connectivity index (χ2n) is 4.76. The molecule has 0 unspecified atom stereocenters. The molecule has 0 saturated heterocycles. The van der Waals surface area contributed by atoms with E-state index >= 15 is 0 Å². The summed E-state index contributed by atoms with van der Waals surface area (Å²) in [7, 11) is 0. The van der Waals surface area contributed by atoms with E-state index in [1.54, 1.807) is 19.9 Å². The molecule has 0 aliphatic carbocycles. The Balaban J connectivity index is 1.84. The molecule has 2 aromatic rings. The number of nitrogens with one attached hydrogen (secondary N) is 2. The molecule has 0 spiro atoms. The first kappa shape index (κ1) is 14.8. The number of benzene rings is 1. The number of hydrogen-bond donors (Lipinski definition) is 2. The van der Waals surface area contributed by atoms with E-state index in [9.17, 15) is 9.59 Å². The van der Waals surface area contributed by atoms with E-state index in [0.29, 0.717) is 11.6 Å². The van der Waals surface area contributed by atoms with Crippen LogP contribution in [0, 0.1) is 6.92 Å². The zero-order chi connectivity index (χ0) is 15.2. The first-order valence-electron chi connectivity index (χ1n) is 6.62. The summed E-state index contributed by atoms with van der Waals surface area (Å²) in [5.41, 5.74) is 0.898. The fraction of sp³-hybridized carbons (Fsp3) is 0.267. The smallest absolute Gasteiger partial charge is 0.247 e. The standard InChI is InChI=1S/C15H17N3O3/c1-10-8-13(18-21-10)17-15(20)11(2)16-14(19)9-12-6-4-3-5-7-12/h3-8,11H,9H2,1-2H3,(H,16,19)(H,17,18,20)/t11-/m0/s1. The van der Waals surface area contributed by atoms with Crippen molar-refractivity contribution in [2.24, 2.45) is 0 Å². The number of hydrogen-bond acceptors (Lipinski definition) is 4. The zero-order valence-corrected chi connectivity index (χ0v) is 11.9. The van der Waals surface area contributed by atoms with Gasteiger partial charge in [-0.2, -0.15) is 0 Å². The van der Waals surface area contributed by atoms with Crippen molar-refractivity contribution in [3.8, 4) is 0 Å². The van der Waals surface area contributed by atoms with Crippen LogP contribution >= 0.6 is 0 Å². The van der Waals surface area contributed by atoms with Crippen molar-refractivity contribution < 1.29 is 14.1 Å². The van der Waals surface area contributed by atoms with Crippen LogP contribution in [0.3, 0.4) is 0 Å². The predicted octanol–water partition coefficient (Wildman–Crippen LogP) is 1.67. The molecular weight excluding hydrogens is 270 g/mol. The zero-order valence-electron chi connectivity index (χ0n) is 11.9. The van der Waals surface area contributed by atoms with E-state index in [2.05, 4.69) is 15.8 Å². The summed E-state index contributed by atoms with van der Waals surface area (Å²) in [6.07, 6.45) is 0.238. The number of aromatic nitrogens is 1. The highest BCUT2D eigenvalue weighted by Crippen LogP contribution is 2.07. The van der Waals surface area contributed by atoms with E-state index in [-0.39, 0.29) is 18.2 Å². The Hall–Kier alpha value is -2.63. The van der Waals surface area contributed by atoms with Crippen LogP contribution in [0.5, 0.6) is 0 Å². The van der Waals surface area contributed by atoms with Gasteiger partial charge in [-0.05, 0) is 19.4 Å². The third-order valence-electron chi connectivity index (χ3n) is 2.86. The number of nitrogens with zero attached hydrogens (tertiary/aromatic N) is 1. The lowest BCUT2D eigenvalue weighted by atomic mass is 10.1. The molecule has 0 radical (unpaired) electrons. The number of carbonyl (C=O) groups is 2. The Bertz CT molecular complexity index is 622. The minimum atomic E-state index is -0.654. The molecule has 1 aromatic carbocycles. The molecule has 0 aliphatic heterocycles. The highest BCUT2D eigenvalue weighted by molar-refractivity contribution is 5.96. The van der Waals surface area contributed by atoms with Crippen LogP contribution in [-0.4, -0.2) is 23.0 Å². The summed E-state index contributed by atoms with van der Waals surface area (Å²) >= 11 is 0. The molecule has 0 saturated carbocycles. The molecule has 0 aliphatic rings. The average molecular weight is 287 g/mol. The Morgan fingerprint density at radius 2 is 2.00 bits per heavy atom. The minimum Gasteiger partial charge on any atom is -0.360 e. The largest absolute Gasteiger partial charge is 0.360 e. The molecule has 1 atom stereocenters. The van der Waals surface area contributed by atoms with Gasteiger partial charge >= 0.3 is 0 Å². The Kier molecular flexibility index (Phi) is 4.71. The molecule has 1 heterocycles. The molecule has 110 valence electrons. The molecule has 1 aromatic heterocycles. The summed E-state index contributed by atoms with van der Waals surface area (Å²) in [5, 5.41) is 8.88. The van der Waals surface area contributed by atoms with Crippen LogP contribution in [-0.2, 0) is 16.0 Å². The summed E-state index contributed by atoms with van der Waals surface area (Å²) in [6.45, 7) is 3.35. The van der Waals surface area contributed by atoms with Crippen molar-refractivity contribution in [3.05, 3.63) is 47.7 Å². The number of carbonyl (C=O) groups excluding carboxylic acids is 2. The lowest BCUT2D eigenvalue weighted by molar-refractivity contribution is -0.125. The molecule has 6 nitrogen and oxygen atoms in total. The monoisotopic (exact) mass is 287 g/mol. The van der Waals surface area contributed by atoms with Gasteiger partial charge in [-0.15, -0.1) is 0 Å². The van der Waals surface area contributed by atoms with Gasteiger partial charge in [0.2, 0.25) is 11.8 Å². The predicted molar refractivity (Wildman–Crippen MR) is 77.6 cm³/mol. The van der Waals surface area contributed by atoms with Crippen molar-refractivity contribution in [1.82, 2.24) is 10.5 Å². The van der Waals surface area contributed by atoms with Crippen molar-refractivity contribution >= 4 is 17.6 Å². The maximum Gasteiger partial charge on any atom is 0.247 e. The Labute approximate surface area is 122 Å². The average Bonchev–Trinajstić information content (AvgIpc) is 2.85. The van der Waals surface area contributed by atoms with Crippen LogP contribution in [0.4, 0.5) is 5.82 Å². The van der Waals surface area contributed by atoms with Gasteiger partial charge in [0.05, 0.1) is 6.42 Å².